The maximum atomic E-state index is 5.85. The van der Waals surface area contributed by atoms with E-state index in [9.17, 15) is 0 Å². The Bertz CT molecular complexity index is 304. The summed E-state index contributed by atoms with van der Waals surface area (Å²) in [5, 5.41) is 3.62. The van der Waals surface area contributed by atoms with Crippen molar-refractivity contribution in [2.24, 2.45) is 5.73 Å². The molecule has 0 saturated carbocycles. The van der Waals surface area contributed by atoms with Gasteiger partial charge in [-0.1, -0.05) is 30.3 Å². The lowest BCUT2D eigenvalue weighted by atomic mass is 9.94. The fraction of sp³-hybridized carbons (Fsp3) is 0.571. The van der Waals surface area contributed by atoms with Crippen molar-refractivity contribution >= 4 is 0 Å². The lowest BCUT2D eigenvalue weighted by Crippen LogP contribution is -2.44. The smallest absolute Gasteiger partial charge is 0.0296 e. The highest BCUT2D eigenvalue weighted by atomic mass is 15.0. The molecule has 0 aliphatic carbocycles. The lowest BCUT2D eigenvalue weighted by Gasteiger charge is -2.32. The molecule has 0 aromatic heterocycles. The summed E-state index contributed by atoms with van der Waals surface area (Å²) in [5.41, 5.74) is 7.25. The van der Waals surface area contributed by atoms with E-state index < -0.39 is 0 Å². The molecule has 0 spiro atoms. The van der Waals surface area contributed by atoms with Crippen molar-refractivity contribution in [2.45, 2.75) is 51.7 Å². The molecule has 2 nitrogen and oxygen atoms in total. The Hall–Kier alpha value is -0.860. The van der Waals surface area contributed by atoms with Crippen LogP contribution in [0.25, 0.3) is 0 Å². The van der Waals surface area contributed by atoms with E-state index in [1.807, 2.05) is 6.07 Å². The van der Waals surface area contributed by atoms with Crippen molar-refractivity contribution in [1.29, 1.82) is 0 Å². The van der Waals surface area contributed by atoms with Crippen molar-refractivity contribution < 1.29 is 0 Å². The number of rotatable bonds is 5. The first-order valence-electron chi connectivity index (χ1n) is 5.99. The molecule has 16 heavy (non-hydrogen) atoms. The van der Waals surface area contributed by atoms with Gasteiger partial charge in [0.1, 0.15) is 0 Å². The fourth-order valence-electron chi connectivity index (χ4n) is 2.28. The Morgan fingerprint density at radius 3 is 2.25 bits per heavy atom. The van der Waals surface area contributed by atoms with E-state index in [-0.39, 0.29) is 11.6 Å². The minimum atomic E-state index is 0.0728. The van der Waals surface area contributed by atoms with Crippen molar-refractivity contribution in [3.8, 4) is 0 Å². The van der Waals surface area contributed by atoms with Gasteiger partial charge in [-0.05, 0) is 39.7 Å². The van der Waals surface area contributed by atoms with Gasteiger partial charge in [0.25, 0.3) is 0 Å². The van der Waals surface area contributed by atoms with Gasteiger partial charge in [0, 0.05) is 17.6 Å². The molecule has 0 heterocycles. The first-order chi connectivity index (χ1) is 7.41. The van der Waals surface area contributed by atoms with E-state index in [1.165, 1.54) is 5.56 Å². The fourth-order valence-corrected chi connectivity index (χ4v) is 2.28. The van der Waals surface area contributed by atoms with Crippen molar-refractivity contribution in [3.05, 3.63) is 35.9 Å². The first kappa shape index (κ1) is 13.2. The molecule has 0 aliphatic heterocycles. The van der Waals surface area contributed by atoms with Gasteiger partial charge in [0.05, 0.1) is 0 Å². The van der Waals surface area contributed by atoms with Crippen LogP contribution in [0.4, 0.5) is 0 Å². The third kappa shape index (κ3) is 4.33. The minimum absolute atomic E-state index is 0.0728. The summed E-state index contributed by atoms with van der Waals surface area (Å²) in [5.74, 6) is 0. The van der Waals surface area contributed by atoms with Gasteiger partial charge in [-0.2, -0.15) is 0 Å². The Kier molecular flexibility index (Phi) is 4.51. The number of nitrogens with one attached hydrogen (secondary N) is 1. The van der Waals surface area contributed by atoms with E-state index in [1.54, 1.807) is 0 Å². The number of hydrogen-bond donors (Lipinski definition) is 2. The predicted octanol–water partition coefficient (Wildman–Crippen LogP) is 2.85. The quantitative estimate of drug-likeness (QED) is 0.800. The van der Waals surface area contributed by atoms with E-state index in [2.05, 4.69) is 57.3 Å². The van der Waals surface area contributed by atoms with Crippen LogP contribution in [0, 0.1) is 0 Å². The molecule has 90 valence electrons. The monoisotopic (exact) mass is 220 g/mol. The summed E-state index contributed by atoms with van der Waals surface area (Å²) < 4.78 is 0. The third-order valence-electron chi connectivity index (χ3n) is 2.74. The van der Waals surface area contributed by atoms with Gasteiger partial charge in [-0.15, -0.1) is 0 Å². The van der Waals surface area contributed by atoms with Crippen LogP contribution >= 0.6 is 0 Å². The summed E-state index contributed by atoms with van der Waals surface area (Å²) in [6.07, 6.45) is 0.976. The molecule has 0 radical (unpaired) electrons. The molecule has 0 bridgehead atoms. The average Bonchev–Trinajstić information content (AvgIpc) is 2.16. The van der Waals surface area contributed by atoms with Crippen LogP contribution in [-0.2, 0) is 0 Å². The highest BCUT2D eigenvalue weighted by Gasteiger charge is 2.21. The van der Waals surface area contributed by atoms with Crippen LogP contribution in [0.3, 0.4) is 0 Å². The van der Waals surface area contributed by atoms with Crippen LogP contribution in [0.5, 0.6) is 0 Å². The second-order valence-electron chi connectivity index (χ2n) is 5.34. The van der Waals surface area contributed by atoms with Crippen molar-refractivity contribution in [3.63, 3.8) is 0 Å². The molecule has 0 amide bonds. The second-order valence-corrected chi connectivity index (χ2v) is 5.34. The highest BCUT2D eigenvalue weighted by molar-refractivity contribution is 5.18. The standard InChI is InChI=1S/C14H24N2/c1-11(15)10-14(3,4)16-12(2)13-8-6-5-7-9-13/h5-9,11-12,16H,10,15H2,1-4H3. The Morgan fingerprint density at radius 2 is 1.75 bits per heavy atom. The van der Waals surface area contributed by atoms with Gasteiger partial charge in [0.2, 0.25) is 0 Å². The van der Waals surface area contributed by atoms with Crippen molar-refractivity contribution in [2.75, 3.05) is 0 Å². The van der Waals surface area contributed by atoms with Crippen LogP contribution in [0.1, 0.15) is 45.7 Å². The molecule has 1 aromatic carbocycles. The second kappa shape index (κ2) is 5.46. The number of nitrogens with two attached hydrogens (primary N) is 1. The molecular formula is C14H24N2. The molecular weight excluding hydrogens is 196 g/mol. The van der Waals surface area contributed by atoms with Gasteiger partial charge in [-0.3, -0.25) is 0 Å². The Labute approximate surface area is 99.2 Å². The molecule has 1 rings (SSSR count). The van der Waals surface area contributed by atoms with E-state index >= 15 is 0 Å². The minimum Gasteiger partial charge on any atom is -0.328 e. The average molecular weight is 220 g/mol. The zero-order valence-electron chi connectivity index (χ0n) is 10.8. The molecule has 0 saturated heterocycles. The molecule has 0 aliphatic rings. The highest BCUT2D eigenvalue weighted by Crippen LogP contribution is 2.19. The summed E-state index contributed by atoms with van der Waals surface area (Å²) in [7, 11) is 0. The van der Waals surface area contributed by atoms with Crippen LogP contribution in [-0.4, -0.2) is 11.6 Å². The lowest BCUT2D eigenvalue weighted by molar-refractivity contribution is 0.309. The Morgan fingerprint density at radius 1 is 1.19 bits per heavy atom. The molecule has 2 heteroatoms. The van der Waals surface area contributed by atoms with Gasteiger partial charge >= 0.3 is 0 Å². The maximum Gasteiger partial charge on any atom is 0.0296 e. The molecule has 2 unspecified atom stereocenters. The Balaban J connectivity index is 2.60. The number of benzene rings is 1. The molecule has 1 aromatic rings. The van der Waals surface area contributed by atoms with E-state index in [0.717, 1.165) is 6.42 Å². The maximum absolute atomic E-state index is 5.85. The first-order valence-corrected chi connectivity index (χ1v) is 5.99. The summed E-state index contributed by atoms with van der Waals surface area (Å²) >= 11 is 0. The van der Waals surface area contributed by atoms with Gasteiger partial charge < -0.3 is 11.1 Å². The van der Waals surface area contributed by atoms with E-state index in [4.69, 9.17) is 5.73 Å². The SMILES string of the molecule is CC(N)CC(C)(C)NC(C)c1ccccc1. The summed E-state index contributed by atoms with van der Waals surface area (Å²) in [6, 6.07) is 11.1. The largest absolute Gasteiger partial charge is 0.328 e. The summed E-state index contributed by atoms with van der Waals surface area (Å²) in [6.45, 7) is 8.65. The van der Waals surface area contributed by atoms with Crippen molar-refractivity contribution in [1.82, 2.24) is 5.32 Å². The molecule has 2 atom stereocenters. The topological polar surface area (TPSA) is 38.0 Å². The third-order valence-corrected chi connectivity index (χ3v) is 2.74. The molecule has 3 N–H and O–H groups in total. The normalized spacial score (nSPS) is 15.8. The van der Waals surface area contributed by atoms with Gasteiger partial charge in [-0.25, -0.2) is 0 Å². The van der Waals surface area contributed by atoms with Crippen LogP contribution in [0.2, 0.25) is 0 Å². The zero-order chi connectivity index (χ0) is 12.2. The predicted molar refractivity (Wildman–Crippen MR) is 70.3 cm³/mol. The van der Waals surface area contributed by atoms with Gasteiger partial charge in [0.15, 0.2) is 0 Å². The zero-order valence-corrected chi connectivity index (χ0v) is 10.8. The van der Waals surface area contributed by atoms with Crippen LogP contribution in [0.15, 0.2) is 30.3 Å². The van der Waals surface area contributed by atoms with E-state index in [0.29, 0.717) is 6.04 Å². The molecule has 0 fully saturated rings. The van der Waals surface area contributed by atoms with Crippen LogP contribution < -0.4 is 11.1 Å². The summed E-state index contributed by atoms with van der Waals surface area (Å²) in [4.78, 5) is 0. The number of hydrogen-bond acceptors (Lipinski definition) is 2.